The van der Waals surface area contributed by atoms with Gasteiger partial charge in [0.2, 0.25) is 0 Å². The molecule has 0 saturated carbocycles. The summed E-state index contributed by atoms with van der Waals surface area (Å²) in [5, 5.41) is 12.7. The van der Waals surface area contributed by atoms with Crippen molar-refractivity contribution in [3.05, 3.63) is 34.3 Å². The first-order valence-corrected chi connectivity index (χ1v) is 6.26. The van der Waals surface area contributed by atoms with E-state index in [0.29, 0.717) is 13.2 Å². The molecule has 0 unspecified atom stereocenters. The van der Waals surface area contributed by atoms with E-state index in [2.05, 4.69) is 12.2 Å². The van der Waals surface area contributed by atoms with Gasteiger partial charge in [0.1, 0.15) is 0 Å². The molecular weight excluding hydrogens is 238 g/mol. The van der Waals surface area contributed by atoms with Crippen molar-refractivity contribution >= 4 is 11.6 Å². The summed E-state index contributed by atoms with van der Waals surface area (Å²) in [7, 11) is 0. The lowest BCUT2D eigenvalue weighted by Crippen LogP contribution is -2.17. The Morgan fingerprint density at radius 1 is 1.35 bits per heavy atom. The SMILES string of the molecule is Cc1cc(Cl)ccc1CNCCCOCCO. The van der Waals surface area contributed by atoms with Gasteiger partial charge >= 0.3 is 0 Å². The molecule has 0 aliphatic carbocycles. The van der Waals surface area contributed by atoms with Gasteiger partial charge in [0.05, 0.1) is 13.2 Å². The highest BCUT2D eigenvalue weighted by Crippen LogP contribution is 2.14. The first kappa shape index (κ1) is 14.5. The average Bonchev–Trinajstić information content (AvgIpc) is 2.30. The van der Waals surface area contributed by atoms with Crippen LogP contribution in [0.2, 0.25) is 5.02 Å². The monoisotopic (exact) mass is 257 g/mol. The largest absolute Gasteiger partial charge is 0.394 e. The van der Waals surface area contributed by atoms with E-state index in [1.54, 1.807) is 0 Å². The molecule has 96 valence electrons. The van der Waals surface area contributed by atoms with Crippen molar-refractivity contribution in [1.29, 1.82) is 0 Å². The Bertz CT molecular complexity index is 331. The smallest absolute Gasteiger partial charge is 0.0697 e. The first-order chi connectivity index (χ1) is 8.24. The lowest BCUT2D eigenvalue weighted by Gasteiger charge is -2.08. The summed E-state index contributed by atoms with van der Waals surface area (Å²) in [6.07, 6.45) is 0.951. The predicted molar refractivity (Wildman–Crippen MR) is 70.4 cm³/mol. The molecule has 1 aromatic rings. The summed E-state index contributed by atoms with van der Waals surface area (Å²) in [6, 6.07) is 5.94. The minimum Gasteiger partial charge on any atom is -0.394 e. The van der Waals surface area contributed by atoms with Gasteiger partial charge in [0.25, 0.3) is 0 Å². The highest BCUT2D eigenvalue weighted by molar-refractivity contribution is 6.30. The number of aryl methyl sites for hydroxylation is 1. The van der Waals surface area contributed by atoms with Crippen LogP contribution in [-0.4, -0.2) is 31.5 Å². The molecule has 0 radical (unpaired) electrons. The van der Waals surface area contributed by atoms with Gasteiger partial charge in [-0.1, -0.05) is 17.7 Å². The Hall–Kier alpha value is -0.610. The van der Waals surface area contributed by atoms with Gasteiger partial charge in [-0.25, -0.2) is 0 Å². The van der Waals surface area contributed by atoms with Crippen LogP contribution in [0.1, 0.15) is 17.5 Å². The summed E-state index contributed by atoms with van der Waals surface area (Å²) in [6.45, 7) is 5.03. The van der Waals surface area contributed by atoms with Crippen LogP contribution >= 0.6 is 11.6 Å². The molecule has 0 aliphatic rings. The molecule has 0 heterocycles. The molecule has 0 amide bonds. The third kappa shape index (κ3) is 6.03. The van der Waals surface area contributed by atoms with Crippen molar-refractivity contribution < 1.29 is 9.84 Å². The number of hydrogen-bond acceptors (Lipinski definition) is 3. The number of hydrogen-bond donors (Lipinski definition) is 2. The lowest BCUT2D eigenvalue weighted by molar-refractivity contribution is 0.0907. The van der Waals surface area contributed by atoms with Gasteiger partial charge < -0.3 is 15.2 Å². The Balaban J connectivity index is 2.14. The van der Waals surface area contributed by atoms with E-state index < -0.39 is 0 Å². The van der Waals surface area contributed by atoms with Gasteiger partial charge in [0.15, 0.2) is 0 Å². The van der Waals surface area contributed by atoms with E-state index in [4.69, 9.17) is 21.4 Å². The Morgan fingerprint density at radius 3 is 2.88 bits per heavy atom. The van der Waals surface area contributed by atoms with Crippen LogP contribution in [0.25, 0.3) is 0 Å². The number of ether oxygens (including phenoxy) is 1. The molecule has 0 atom stereocenters. The molecule has 2 N–H and O–H groups in total. The van der Waals surface area contributed by atoms with Crippen LogP contribution in [0.5, 0.6) is 0 Å². The minimum absolute atomic E-state index is 0.0946. The summed E-state index contributed by atoms with van der Waals surface area (Å²) in [5.74, 6) is 0. The quantitative estimate of drug-likeness (QED) is 0.701. The van der Waals surface area contributed by atoms with E-state index in [0.717, 1.165) is 24.5 Å². The van der Waals surface area contributed by atoms with E-state index in [9.17, 15) is 0 Å². The summed E-state index contributed by atoms with van der Waals surface area (Å²) < 4.78 is 5.17. The second kappa shape index (κ2) is 8.48. The zero-order valence-electron chi connectivity index (χ0n) is 10.2. The maximum Gasteiger partial charge on any atom is 0.0697 e. The molecule has 1 aromatic carbocycles. The Labute approximate surface area is 108 Å². The van der Waals surface area contributed by atoms with E-state index >= 15 is 0 Å². The number of benzene rings is 1. The number of aliphatic hydroxyl groups excluding tert-OH is 1. The molecule has 0 bridgehead atoms. The molecule has 0 saturated heterocycles. The second-order valence-corrected chi connectivity index (χ2v) is 4.37. The maximum absolute atomic E-state index is 8.52. The molecular formula is C13H20ClNO2. The van der Waals surface area contributed by atoms with Gasteiger partial charge in [0, 0.05) is 18.2 Å². The maximum atomic E-state index is 8.52. The second-order valence-electron chi connectivity index (χ2n) is 3.94. The molecule has 0 aromatic heterocycles. The van der Waals surface area contributed by atoms with E-state index in [-0.39, 0.29) is 6.61 Å². The van der Waals surface area contributed by atoms with E-state index in [1.165, 1.54) is 11.1 Å². The van der Waals surface area contributed by atoms with Crippen LogP contribution in [0.4, 0.5) is 0 Å². The predicted octanol–water partition coefficient (Wildman–Crippen LogP) is 2.14. The standard InChI is InChI=1S/C13H20ClNO2/c1-11-9-13(14)4-3-12(11)10-15-5-2-7-17-8-6-16/h3-4,9,15-16H,2,5-8,10H2,1H3. The Morgan fingerprint density at radius 2 is 2.18 bits per heavy atom. The number of aliphatic hydroxyl groups is 1. The van der Waals surface area contributed by atoms with Gasteiger partial charge in [-0.15, -0.1) is 0 Å². The summed E-state index contributed by atoms with van der Waals surface area (Å²) in [4.78, 5) is 0. The van der Waals surface area contributed by atoms with Crippen molar-refractivity contribution in [2.75, 3.05) is 26.4 Å². The third-order valence-electron chi connectivity index (χ3n) is 2.50. The summed E-state index contributed by atoms with van der Waals surface area (Å²) >= 11 is 5.89. The van der Waals surface area contributed by atoms with Crippen LogP contribution in [0.3, 0.4) is 0 Å². The van der Waals surface area contributed by atoms with Crippen LogP contribution in [0.15, 0.2) is 18.2 Å². The van der Waals surface area contributed by atoms with Gasteiger partial charge in [-0.3, -0.25) is 0 Å². The third-order valence-corrected chi connectivity index (χ3v) is 2.73. The Kier molecular flexibility index (Phi) is 7.21. The number of nitrogens with one attached hydrogen (secondary N) is 1. The van der Waals surface area contributed by atoms with Crippen molar-refractivity contribution in [2.24, 2.45) is 0 Å². The zero-order valence-corrected chi connectivity index (χ0v) is 11.0. The fraction of sp³-hybridized carbons (Fsp3) is 0.538. The van der Waals surface area contributed by atoms with Gasteiger partial charge in [-0.05, 0) is 43.1 Å². The molecule has 3 nitrogen and oxygen atoms in total. The van der Waals surface area contributed by atoms with Crippen LogP contribution in [0, 0.1) is 6.92 Å². The number of rotatable bonds is 8. The van der Waals surface area contributed by atoms with E-state index in [1.807, 2.05) is 18.2 Å². The highest BCUT2D eigenvalue weighted by atomic mass is 35.5. The fourth-order valence-electron chi connectivity index (χ4n) is 1.55. The molecule has 1 rings (SSSR count). The molecule has 17 heavy (non-hydrogen) atoms. The average molecular weight is 258 g/mol. The van der Waals surface area contributed by atoms with Crippen molar-refractivity contribution in [2.45, 2.75) is 19.9 Å². The first-order valence-electron chi connectivity index (χ1n) is 5.88. The summed E-state index contributed by atoms with van der Waals surface area (Å²) in [5.41, 5.74) is 2.48. The van der Waals surface area contributed by atoms with Crippen molar-refractivity contribution in [3.63, 3.8) is 0 Å². The zero-order chi connectivity index (χ0) is 12.5. The minimum atomic E-state index is 0.0946. The molecule has 0 fully saturated rings. The van der Waals surface area contributed by atoms with Crippen LogP contribution in [-0.2, 0) is 11.3 Å². The lowest BCUT2D eigenvalue weighted by atomic mass is 10.1. The molecule has 0 aliphatic heterocycles. The molecule has 4 heteroatoms. The van der Waals surface area contributed by atoms with Crippen molar-refractivity contribution in [1.82, 2.24) is 5.32 Å². The van der Waals surface area contributed by atoms with Gasteiger partial charge in [-0.2, -0.15) is 0 Å². The highest BCUT2D eigenvalue weighted by Gasteiger charge is 1.98. The molecule has 0 spiro atoms. The topological polar surface area (TPSA) is 41.5 Å². The normalized spacial score (nSPS) is 10.8. The van der Waals surface area contributed by atoms with Crippen molar-refractivity contribution in [3.8, 4) is 0 Å². The van der Waals surface area contributed by atoms with Crippen LogP contribution < -0.4 is 5.32 Å². The number of halogens is 1. The fourth-order valence-corrected chi connectivity index (χ4v) is 1.77.